The SMILES string of the molecule is O=C(O)CC1CCNc2c(F)cccc21. The fourth-order valence-electron chi connectivity index (χ4n) is 2.02. The van der Waals surface area contributed by atoms with Crippen LogP contribution in [0.3, 0.4) is 0 Å². The van der Waals surface area contributed by atoms with Crippen molar-refractivity contribution in [1.29, 1.82) is 0 Å². The van der Waals surface area contributed by atoms with Gasteiger partial charge in [-0.05, 0) is 24.0 Å². The van der Waals surface area contributed by atoms with Crippen molar-refractivity contribution >= 4 is 11.7 Å². The van der Waals surface area contributed by atoms with Gasteiger partial charge in [-0.2, -0.15) is 0 Å². The minimum atomic E-state index is -0.836. The zero-order chi connectivity index (χ0) is 10.8. The molecular formula is C11H12FNO2. The van der Waals surface area contributed by atoms with Crippen LogP contribution in [0.25, 0.3) is 0 Å². The third-order valence-electron chi connectivity index (χ3n) is 2.70. The van der Waals surface area contributed by atoms with E-state index in [0.717, 1.165) is 12.0 Å². The molecule has 1 aliphatic rings. The zero-order valence-corrected chi connectivity index (χ0v) is 8.16. The Balaban J connectivity index is 2.34. The van der Waals surface area contributed by atoms with Crippen molar-refractivity contribution in [3.05, 3.63) is 29.6 Å². The molecule has 0 saturated heterocycles. The molecule has 1 aromatic carbocycles. The van der Waals surface area contributed by atoms with Crippen LogP contribution in [0, 0.1) is 5.82 Å². The highest BCUT2D eigenvalue weighted by Gasteiger charge is 2.23. The van der Waals surface area contributed by atoms with Gasteiger partial charge in [0.05, 0.1) is 12.1 Å². The lowest BCUT2D eigenvalue weighted by Gasteiger charge is -2.25. The van der Waals surface area contributed by atoms with E-state index in [9.17, 15) is 9.18 Å². The van der Waals surface area contributed by atoms with Gasteiger partial charge >= 0.3 is 5.97 Å². The average molecular weight is 209 g/mol. The van der Waals surface area contributed by atoms with Gasteiger partial charge in [0, 0.05) is 6.54 Å². The number of halogens is 1. The fraction of sp³-hybridized carbons (Fsp3) is 0.364. The number of hydrogen-bond acceptors (Lipinski definition) is 2. The second-order valence-electron chi connectivity index (χ2n) is 3.71. The molecule has 1 heterocycles. The van der Waals surface area contributed by atoms with Gasteiger partial charge < -0.3 is 10.4 Å². The molecule has 0 aromatic heterocycles. The number of nitrogens with one attached hydrogen (secondary N) is 1. The molecule has 1 aromatic rings. The maximum atomic E-state index is 13.4. The van der Waals surface area contributed by atoms with Crippen LogP contribution in [0.2, 0.25) is 0 Å². The van der Waals surface area contributed by atoms with E-state index in [1.807, 2.05) is 0 Å². The highest BCUT2D eigenvalue weighted by Crippen LogP contribution is 2.35. The summed E-state index contributed by atoms with van der Waals surface area (Å²) in [6.07, 6.45) is 0.806. The Morgan fingerprint density at radius 1 is 1.60 bits per heavy atom. The summed E-state index contributed by atoms with van der Waals surface area (Å²) in [7, 11) is 0. The first kappa shape index (κ1) is 9.96. The average Bonchev–Trinajstić information content (AvgIpc) is 2.19. The largest absolute Gasteiger partial charge is 0.481 e. The standard InChI is InChI=1S/C11H12FNO2/c12-9-3-1-2-8-7(6-10(14)15)4-5-13-11(8)9/h1-3,7,13H,4-6H2,(H,14,15). The van der Waals surface area contributed by atoms with Gasteiger partial charge in [0.25, 0.3) is 0 Å². The van der Waals surface area contributed by atoms with Crippen LogP contribution >= 0.6 is 0 Å². The lowest BCUT2D eigenvalue weighted by molar-refractivity contribution is -0.137. The van der Waals surface area contributed by atoms with E-state index in [1.165, 1.54) is 6.07 Å². The lowest BCUT2D eigenvalue weighted by atomic mass is 9.88. The van der Waals surface area contributed by atoms with Crippen LogP contribution < -0.4 is 5.32 Å². The number of carbonyl (C=O) groups is 1. The van der Waals surface area contributed by atoms with Gasteiger partial charge in [-0.25, -0.2) is 4.39 Å². The number of anilines is 1. The maximum Gasteiger partial charge on any atom is 0.303 e. The molecule has 2 rings (SSSR count). The van der Waals surface area contributed by atoms with E-state index in [1.54, 1.807) is 12.1 Å². The number of carboxylic acid groups (broad SMARTS) is 1. The summed E-state index contributed by atoms with van der Waals surface area (Å²) in [5.41, 5.74) is 1.25. The van der Waals surface area contributed by atoms with Crippen LogP contribution in [-0.2, 0) is 4.79 Å². The summed E-state index contributed by atoms with van der Waals surface area (Å²) >= 11 is 0. The highest BCUT2D eigenvalue weighted by molar-refractivity contribution is 5.69. The van der Waals surface area contributed by atoms with Crippen LogP contribution in [0.4, 0.5) is 10.1 Å². The van der Waals surface area contributed by atoms with Crippen LogP contribution in [-0.4, -0.2) is 17.6 Å². The van der Waals surface area contributed by atoms with E-state index in [2.05, 4.69) is 5.32 Å². The first-order valence-corrected chi connectivity index (χ1v) is 4.92. The number of benzene rings is 1. The van der Waals surface area contributed by atoms with Gasteiger partial charge in [-0.15, -0.1) is 0 Å². The first-order valence-electron chi connectivity index (χ1n) is 4.92. The van der Waals surface area contributed by atoms with E-state index in [4.69, 9.17) is 5.11 Å². The number of para-hydroxylation sites is 1. The van der Waals surface area contributed by atoms with E-state index in [0.29, 0.717) is 12.2 Å². The quantitative estimate of drug-likeness (QED) is 0.785. The zero-order valence-electron chi connectivity index (χ0n) is 8.16. The monoisotopic (exact) mass is 209 g/mol. The van der Waals surface area contributed by atoms with Crippen molar-refractivity contribution in [3.8, 4) is 0 Å². The van der Waals surface area contributed by atoms with Crippen molar-refractivity contribution in [2.24, 2.45) is 0 Å². The molecule has 0 bridgehead atoms. The fourth-order valence-corrected chi connectivity index (χ4v) is 2.02. The molecule has 0 saturated carbocycles. The number of carboxylic acids is 1. The number of hydrogen-bond donors (Lipinski definition) is 2. The van der Waals surface area contributed by atoms with Crippen LogP contribution in [0.1, 0.15) is 24.3 Å². The van der Waals surface area contributed by atoms with Crippen molar-refractivity contribution in [2.45, 2.75) is 18.8 Å². The molecule has 0 fully saturated rings. The molecule has 1 aliphatic heterocycles. The third kappa shape index (κ3) is 1.93. The Morgan fingerprint density at radius 3 is 3.13 bits per heavy atom. The summed E-state index contributed by atoms with van der Waals surface area (Å²) in [5, 5.41) is 11.7. The van der Waals surface area contributed by atoms with Crippen LogP contribution in [0.15, 0.2) is 18.2 Å². The molecule has 1 unspecified atom stereocenters. The molecule has 0 spiro atoms. The van der Waals surface area contributed by atoms with Gasteiger partial charge in [0.15, 0.2) is 0 Å². The molecule has 0 radical (unpaired) electrons. The van der Waals surface area contributed by atoms with Gasteiger partial charge in [0.1, 0.15) is 5.82 Å². The molecule has 3 nitrogen and oxygen atoms in total. The second-order valence-corrected chi connectivity index (χ2v) is 3.71. The van der Waals surface area contributed by atoms with Crippen molar-refractivity contribution < 1.29 is 14.3 Å². The summed E-state index contributed by atoms with van der Waals surface area (Å²) in [5.74, 6) is -1.21. The molecule has 2 N–H and O–H groups in total. The minimum absolute atomic E-state index is 0.0676. The summed E-state index contributed by atoms with van der Waals surface area (Å²) in [4.78, 5) is 10.6. The first-order chi connectivity index (χ1) is 7.18. The molecular weight excluding hydrogens is 197 g/mol. The molecule has 4 heteroatoms. The lowest BCUT2D eigenvalue weighted by Crippen LogP contribution is -2.20. The van der Waals surface area contributed by atoms with E-state index >= 15 is 0 Å². The second kappa shape index (κ2) is 3.88. The Morgan fingerprint density at radius 2 is 2.40 bits per heavy atom. The molecule has 80 valence electrons. The van der Waals surface area contributed by atoms with Crippen LogP contribution in [0.5, 0.6) is 0 Å². The molecule has 15 heavy (non-hydrogen) atoms. The summed E-state index contributed by atoms with van der Waals surface area (Å²) in [6, 6.07) is 4.79. The number of rotatable bonds is 2. The highest BCUT2D eigenvalue weighted by atomic mass is 19.1. The molecule has 1 atom stereocenters. The van der Waals surface area contributed by atoms with Gasteiger partial charge in [-0.1, -0.05) is 12.1 Å². The van der Waals surface area contributed by atoms with Crippen molar-refractivity contribution in [2.75, 3.05) is 11.9 Å². The van der Waals surface area contributed by atoms with Crippen molar-refractivity contribution in [1.82, 2.24) is 0 Å². The van der Waals surface area contributed by atoms with Gasteiger partial charge in [0.2, 0.25) is 0 Å². The summed E-state index contributed by atoms with van der Waals surface area (Å²) in [6.45, 7) is 0.631. The Bertz CT molecular complexity index is 392. The predicted molar refractivity (Wildman–Crippen MR) is 54.5 cm³/mol. The molecule has 0 aliphatic carbocycles. The number of fused-ring (bicyclic) bond motifs is 1. The Labute approximate surface area is 86.9 Å². The smallest absolute Gasteiger partial charge is 0.303 e. The van der Waals surface area contributed by atoms with Crippen molar-refractivity contribution in [3.63, 3.8) is 0 Å². The maximum absolute atomic E-state index is 13.4. The molecule has 0 amide bonds. The Kier molecular flexibility index (Phi) is 2.58. The summed E-state index contributed by atoms with van der Waals surface area (Å²) < 4.78 is 13.4. The van der Waals surface area contributed by atoms with Gasteiger partial charge in [-0.3, -0.25) is 4.79 Å². The normalized spacial score (nSPS) is 19.1. The topological polar surface area (TPSA) is 49.3 Å². The number of aliphatic carboxylic acids is 1. The van der Waals surface area contributed by atoms with E-state index < -0.39 is 5.97 Å². The minimum Gasteiger partial charge on any atom is -0.481 e. The third-order valence-corrected chi connectivity index (χ3v) is 2.70. The Hall–Kier alpha value is -1.58. The predicted octanol–water partition coefficient (Wildman–Crippen LogP) is 2.20. The van der Waals surface area contributed by atoms with E-state index in [-0.39, 0.29) is 18.2 Å².